The van der Waals surface area contributed by atoms with E-state index in [4.69, 9.17) is 17.3 Å². The molecule has 2 aromatic carbocycles. The molecule has 0 spiro atoms. The summed E-state index contributed by atoms with van der Waals surface area (Å²) in [6, 6.07) is 14.9. The Morgan fingerprint density at radius 3 is 2.23 bits per heavy atom. The molecule has 2 aliphatic heterocycles. The number of likely N-dealkylation sites (tertiary alicyclic amines) is 1. The van der Waals surface area contributed by atoms with Crippen molar-refractivity contribution in [3.05, 3.63) is 64.2 Å². The first kappa shape index (κ1) is 26.0. The van der Waals surface area contributed by atoms with E-state index in [0.29, 0.717) is 12.0 Å². The number of hydrogen-bond donors (Lipinski definition) is 1. The molecule has 0 saturated carbocycles. The van der Waals surface area contributed by atoms with E-state index in [1.165, 1.54) is 22.4 Å². The number of nitrogens with zero attached hydrogens (tertiary/aromatic N) is 3. The average molecular weight is 497 g/mol. The molecule has 2 heterocycles. The highest BCUT2D eigenvalue weighted by Gasteiger charge is 2.43. The van der Waals surface area contributed by atoms with Crippen LogP contribution in [0.2, 0.25) is 5.02 Å². The van der Waals surface area contributed by atoms with Gasteiger partial charge in [-0.3, -0.25) is 9.69 Å². The number of rotatable bonds is 6. The average Bonchev–Trinajstić information content (AvgIpc) is 3.29. The Balaban J connectivity index is 1.51. The molecule has 2 fully saturated rings. The molecule has 3 atom stereocenters. The maximum atomic E-state index is 13.9. The summed E-state index contributed by atoms with van der Waals surface area (Å²) < 4.78 is 0. The van der Waals surface area contributed by atoms with Crippen LogP contribution in [-0.4, -0.2) is 60.5 Å². The number of piperazine rings is 1. The lowest BCUT2D eigenvalue weighted by Gasteiger charge is -2.41. The van der Waals surface area contributed by atoms with E-state index in [1.807, 2.05) is 12.1 Å². The van der Waals surface area contributed by atoms with Gasteiger partial charge in [0.15, 0.2) is 0 Å². The van der Waals surface area contributed by atoms with Crippen LogP contribution in [0, 0.1) is 12.8 Å². The van der Waals surface area contributed by atoms with Crippen molar-refractivity contribution in [3.63, 3.8) is 0 Å². The smallest absolute Gasteiger partial charge is 0.240 e. The summed E-state index contributed by atoms with van der Waals surface area (Å²) in [4.78, 5) is 20.8. The van der Waals surface area contributed by atoms with Crippen LogP contribution in [0.3, 0.4) is 0 Å². The van der Waals surface area contributed by atoms with Gasteiger partial charge in [-0.05, 0) is 69.0 Å². The molecule has 5 nitrogen and oxygen atoms in total. The van der Waals surface area contributed by atoms with E-state index in [-0.39, 0.29) is 23.9 Å². The number of amides is 1. The zero-order valence-electron chi connectivity index (χ0n) is 21.9. The third kappa shape index (κ3) is 5.52. The van der Waals surface area contributed by atoms with E-state index in [0.717, 1.165) is 44.2 Å². The van der Waals surface area contributed by atoms with Gasteiger partial charge < -0.3 is 15.5 Å². The molecule has 2 aromatic rings. The summed E-state index contributed by atoms with van der Waals surface area (Å²) in [5.74, 6) is 0.833. The maximum Gasteiger partial charge on any atom is 0.240 e. The summed E-state index contributed by atoms with van der Waals surface area (Å²) in [6.07, 6.45) is 0.996. The molecule has 4 rings (SSSR count). The van der Waals surface area contributed by atoms with Gasteiger partial charge >= 0.3 is 0 Å². The molecule has 0 aliphatic carbocycles. The molecule has 0 radical (unpaired) electrons. The standard InChI is InChI=1S/C29H41ClN4O/c1-19(2)27(31)25-18-21(5)6-11-26(25)32-14-16-33(17-15-32)29(35)28-24(12-13-34(28)20(3)4)22-7-9-23(30)10-8-22/h6-11,18-20,24,27-28H,12-17,31H2,1-5H3/t24-,27+,28-/m1/s1. The second-order valence-electron chi connectivity index (χ2n) is 10.9. The molecule has 0 unspecified atom stereocenters. The van der Waals surface area contributed by atoms with Gasteiger partial charge in [-0.15, -0.1) is 0 Å². The quantitative estimate of drug-likeness (QED) is 0.595. The van der Waals surface area contributed by atoms with Crippen molar-refractivity contribution >= 4 is 23.2 Å². The normalized spacial score (nSPS) is 22.3. The summed E-state index contributed by atoms with van der Waals surface area (Å²) in [5.41, 5.74) is 11.5. The van der Waals surface area contributed by atoms with Gasteiger partial charge in [-0.1, -0.05) is 55.3 Å². The van der Waals surface area contributed by atoms with Gasteiger partial charge in [0.1, 0.15) is 0 Å². The van der Waals surface area contributed by atoms with Crippen molar-refractivity contribution in [2.45, 2.75) is 65.1 Å². The molecule has 6 heteroatoms. The Labute approximate surface area is 216 Å². The Morgan fingerprint density at radius 2 is 1.63 bits per heavy atom. The van der Waals surface area contributed by atoms with Crippen molar-refractivity contribution in [3.8, 4) is 0 Å². The van der Waals surface area contributed by atoms with Crippen molar-refractivity contribution in [2.75, 3.05) is 37.6 Å². The Morgan fingerprint density at radius 1 is 0.971 bits per heavy atom. The molecular formula is C29H41ClN4O. The van der Waals surface area contributed by atoms with Gasteiger partial charge in [-0.2, -0.15) is 0 Å². The van der Waals surface area contributed by atoms with Crippen molar-refractivity contribution < 1.29 is 4.79 Å². The van der Waals surface area contributed by atoms with E-state index in [2.05, 4.69) is 79.7 Å². The third-order valence-electron chi connectivity index (χ3n) is 7.84. The van der Waals surface area contributed by atoms with E-state index < -0.39 is 0 Å². The fourth-order valence-corrected chi connectivity index (χ4v) is 5.84. The first-order valence-electron chi connectivity index (χ1n) is 13.1. The second-order valence-corrected chi connectivity index (χ2v) is 11.3. The topological polar surface area (TPSA) is 52.8 Å². The van der Waals surface area contributed by atoms with Crippen LogP contribution < -0.4 is 10.6 Å². The molecule has 0 aromatic heterocycles. The van der Waals surface area contributed by atoms with Crippen molar-refractivity contribution in [1.29, 1.82) is 0 Å². The van der Waals surface area contributed by atoms with E-state index in [1.54, 1.807) is 0 Å². The fraction of sp³-hybridized carbons (Fsp3) is 0.552. The monoisotopic (exact) mass is 496 g/mol. The summed E-state index contributed by atoms with van der Waals surface area (Å²) in [5, 5.41) is 0.735. The molecule has 190 valence electrons. The zero-order valence-corrected chi connectivity index (χ0v) is 22.6. The highest BCUT2D eigenvalue weighted by Crippen LogP contribution is 2.37. The molecule has 1 amide bonds. The molecule has 35 heavy (non-hydrogen) atoms. The zero-order chi connectivity index (χ0) is 25.3. The highest BCUT2D eigenvalue weighted by atomic mass is 35.5. The number of aryl methyl sites for hydroxylation is 1. The molecule has 2 N–H and O–H groups in total. The number of nitrogens with two attached hydrogens (primary N) is 1. The van der Waals surface area contributed by atoms with Crippen LogP contribution in [0.15, 0.2) is 42.5 Å². The Hall–Kier alpha value is -2.08. The first-order chi connectivity index (χ1) is 16.7. The number of anilines is 1. The number of halogens is 1. The second kappa shape index (κ2) is 10.9. The largest absolute Gasteiger partial charge is 0.368 e. The summed E-state index contributed by atoms with van der Waals surface area (Å²) in [6.45, 7) is 14.9. The minimum atomic E-state index is -0.118. The molecular weight excluding hydrogens is 456 g/mol. The molecule has 0 bridgehead atoms. The van der Waals surface area contributed by atoms with Crippen LogP contribution in [0.1, 0.15) is 62.8 Å². The summed E-state index contributed by atoms with van der Waals surface area (Å²) >= 11 is 6.14. The Kier molecular flexibility index (Phi) is 8.09. The highest BCUT2D eigenvalue weighted by molar-refractivity contribution is 6.30. The number of benzene rings is 2. The lowest BCUT2D eigenvalue weighted by Crippen LogP contribution is -2.55. The van der Waals surface area contributed by atoms with Gasteiger partial charge in [0.25, 0.3) is 0 Å². The van der Waals surface area contributed by atoms with Crippen molar-refractivity contribution in [1.82, 2.24) is 9.80 Å². The number of carbonyl (C=O) groups is 1. The molecule has 2 saturated heterocycles. The van der Waals surface area contributed by atoms with Crippen molar-refractivity contribution in [2.24, 2.45) is 11.7 Å². The minimum Gasteiger partial charge on any atom is -0.368 e. The van der Waals surface area contributed by atoms with Crippen LogP contribution in [-0.2, 0) is 4.79 Å². The van der Waals surface area contributed by atoms with Gasteiger partial charge in [-0.25, -0.2) is 0 Å². The minimum absolute atomic E-state index is 0.00258. The third-order valence-corrected chi connectivity index (χ3v) is 8.10. The van der Waals surface area contributed by atoms with Crippen LogP contribution in [0.25, 0.3) is 0 Å². The SMILES string of the molecule is Cc1ccc(N2CCN(C(=O)[C@H]3[C@@H](c4ccc(Cl)cc4)CCN3C(C)C)CC2)c([C@@H](N)C(C)C)c1. The van der Waals surface area contributed by atoms with Crippen LogP contribution >= 0.6 is 11.6 Å². The number of carbonyl (C=O) groups excluding carboxylic acids is 1. The van der Waals surface area contributed by atoms with E-state index >= 15 is 0 Å². The lowest BCUT2D eigenvalue weighted by atomic mass is 9.90. The van der Waals surface area contributed by atoms with Crippen LogP contribution in [0.5, 0.6) is 0 Å². The van der Waals surface area contributed by atoms with Gasteiger partial charge in [0.05, 0.1) is 6.04 Å². The summed E-state index contributed by atoms with van der Waals surface area (Å²) in [7, 11) is 0. The Bertz CT molecular complexity index is 1010. The van der Waals surface area contributed by atoms with Gasteiger partial charge in [0, 0.05) is 54.9 Å². The lowest BCUT2D eigenvalue weighted by molar-refractivity contribution is -0.137. The van der Waals surface area contributed by atoms with E-state index in [9.17, 15) is 4.79 Å². The molecule has 2 aliphatic rings. The van der Waals surface area contributed by atoms with Gasteiger partial charge in [0.2, 0.25) is 5.91 Å². The predicted molar refractivity (Wildman–Crippen MR) is 146 cm³/mol. The first-order valence-corrected chi connectivity index (χ1v) is 13.5. The predicted octanol–water partition coefficient (Wildman–Crippen LogP) is 5.22. The van der Waals surface area contributed by atoms with Crippen LogP contribution in [0.4, 0.5) is 5.69 Å². The fourth-order valence-electron chi connectivity index (χ4n) is 5.71. The maximum absolute atomic E-state index is 13.9. The number of hydrogen-bond acceptors (Lipinski definition) is 4.